The zero-order chi connectivity index (χ0) is 20.7. The van der Waals surface area contributed by atoms with Gasteiger partial charge in [-0.25, -0.2) is 8.42 Å². The number of nitrogens with one attached hydrogen (secondary N) is 1. The normalized spacial score (nSPS) is 12.1. The second-order valence-corrected chi connectivity index (χ2v) is 7.99. The van der Waals surface area contributed by atoms with E-state index >= 15 is 0 Å². The average molecular weight is 407 g/mol. The molecule has 0 aliphatic carbocycles. The maximum atomic E-state index is 12.9. The quantitative estimate of drug-likeness (QED) is 0.691. The van der Waals surface area contributed by atoms with E-state index < -0.39 is 22.0 Å². The van der Waals surface area contributed by atoms with Gasteiger partial charge in [-0.05, 0) is 37.6 Å². The van der Waals surface area contributed by atoms with Crippen molar-refractivity contribution in [1.29, 1.82) is 0 Å². The van der Waals surface area contributed by atoms with E-state index in [-0.39, 0.29) is 0 Å². The van der Waals surface area contributed by atoms with Gasteiger partial charge in [-0.15, -0.1) is 0 Å². The van der Waals surface area contributed by atoms with Crippen LogP contribution in [-0.4, -0.2) is 40.3 Å². The number of anilines is 2. The van der Waals surface area contributed by atoms with Crippen molar-refractivity contribution >= 4 is 27.3 Å². The Hall–Kier alpha value is -2.74. The van der Waals surface area contributed by atoms with E-state index in [0.717, 1.165) is 10.6 Å². The first-order valence-electron chi connectivity index (χ1n) is 8.97. The van der Waals surface area contributed by atoms with Gasteiger partial charge < -0.3 is 14.8 Å². The molecule has 2 rings (SSSR count). The van der Waals surface area contributed by atoms with Crippen molar-refractivity contribution in [3.63, 3.8) is 0 Å². The molecule has 0 saturated carbocycles. The van der Waals surface area contributed by atoms with E-state index in [9.17, 15) is 13.2 Å². The Labute approximate surface area is 166 Å². The summed E-state index contributed by atoms with van der Waals surface area (Å²) in [6.45, 7) is 4.14. The molecule has 7 nitrogen and oxygen atoms in total. The molecular weight excluding hydrogens is 380 g/mol. The summed E-state index contributed by atoms with van der Waals surface area (Å²) in [5.74, 6) is 0.705. The standard InChI is InChI=1S/C20H26N2O5S/c1-5-19(20(23)21-15-9-7-12-18(13-15)27-6-2)22(28(4,24)25)16-10-8-11-17(14-16)26-3/h7-14,19H,5-6H2,1-4H3,(H,21,23). The molecule has 8 heteroatoms. The zero-order valence-electron chi connectivity index (χ0n) is 16.5. The first kappa shape index (κ1) is 21.6. The van der Waals surface area contributed by atoms with Crippen molar-refractivity contribution in [1.82, 2.24) is 0 Å². The van der Waals surface area contributed by atoms with E-state index in [1.165, 1.54) is 7.11 Å². The molecular formula is C20H26N2O5S. The van der Waals surface area contributed by atoms with Crippen LogP contribution in [0.3, 0.4) is 0 Å². The first-order chi connectivity index (χ1) is 13.3. The Balaban J connectivity index is 2.35. The second-order valence-electron chi connectivity index (χ2n) is 6.13. The van der Waals surface area contributed by atoms with Gasteiger partial charge in [0.15, 0.2) is 0 Å². The van der Waals surface area contributed by atoms with Crippen LogP contribution in [0.15, 0.2) is 48.5 Å². The summed E-state index contributed by atoms with van der Waals surface area (Å²) in [6, 6.07) is 12.7. The van der Waals surface area contributed by atoms with E-state index in [1.807, 2.05) is 6.92 Å². The molecule has 1 N–H and O–H groups in total. The topological polar surface area (TPSA) is 84.9 Å². The summed E-state index contributed by atoms with van der Waals surface area (Å²) in [5.41, 5.74) is 0.903. The number of ether oxygens (including phenoxy) is 2. The summed E-state index contributed by atoms with van der Waals surface area (Å²) >= 11 is 0. The Kier molecular flexibility index (Phi) is 7.28. The Bertz CT molecular complexity index is 914. The van der Waals surface area contributed by atoms with Crippen LogP contribution in [-0.2, 0) is 14.8 Å². The molecule has 0 fully saturated rings. The molecule has 1 atom stereocenters. The summed E-state index contributed by atoms with van der Waals surface area (Å²) in [5, 5.41) is 2.79. The monoisotopic (exact) mass is 406 g/mol. The van der Waals surface area contributed by atoms with Gasteiger partial charge in [0, 0.05) is 17.8 Å². The van der Waals surface area contributed by atoms with E-state index in [1.54, 1.807) is 55.5 Å². The van der Waals surface area contributed by atoms with Gasteiger partial charge in [0.25, 0.3) is 0 Å². The van der Waals surface area contributed by atoms with Crippen LogP contribution in [0.25, 0.3) is 0 Å². The molecule has 0 saturated heterocycles. The minimum absolute atomic E-state index is 0.293. The lowest BCUT2D eigenvalue weighted by molar-refractivity contribution is -0.117. The molecule has 2 aromatic carbocycles. The largest absolute Gasteiger partial charge is 0.497 e. The third-order valence-corrected chi connectivity index (χ3v) is 5.23. The molecule has 0 heterocycles. The number of rotatable bonds is 9. The fraction of sp³-hybridized carbons (Fsp3) is 0.350. The van der Waals surface area contributed by atoms with Crippen molar-refractivity contribution in [2.45, 2.75) is 26.3 Å². The Morgan fingerprint density at radius 2 is 1.79 bits per heavy atom. The number of methoxy groups -OCH3 is 1. The zero-order valence-corrected chi connectivity index (χ0v) is 17.3. The Morgan fingerprint density at radius 3 is 2.39 bits per heavy atom. The lowest BCUT2D eigenvalue weighted by atomic mass is 10.1. The summed E-state index contributed by atoms with van der Waals surface area (Å²) in [6.07, 6.45) is 1.37. The number of nitrogens with zero attached hydrogens (tertiary/aromatic N) is 1. The number of benzene rings is 2. The number of amides is 1. The molecule has 28 heavy (non-hydrogen) atoms. The fourth-order valence-electron chi connectivity index (χ4n) is 2.86. The van der Waals surface area contributed by atoms with Gasteiger partial charge in [0.1, 0.15) is 17.5 Å². The van der Waals surface area contributed by atoms with Crippen molar-refractivity contribution in [2.75, 3.05) is 29.6 Å². The van der Waals surface area contributed by atoms with Crippen LogP contribution in [0.1, 0.15) is 20.3 Å². The molecule has 0 aromatic heterocycles. The van der Waals surface area contributed by atoms with Gasteiger partial charge in [-0.1, -0.05) is 19.1 Å². The highest BCUT2D eigenvalue weighted by Gasteiger charge is 2.31. The molecule has 0 bridgehead atoms. The fourth-order valence-corrected chi connectivity index (χ4v) is 4.07. The van der Waals surface area contributed by atoms with E-state index in [2.05, 4.69) is 5.32 Å². The van der Waals surface area contributed by atoms with E-state index in [0.29, 0.717) is 35.9 Å². The van der Waals surface area contributed by atoms with Crippen molar-refractivity contribution in [3.05, 3.63) is 48.5 Å². The van der Waals surface area contributed by atoms with Crippen molar-refractivity contribution in [2.24, 2.45) is 0 Å². The molecule has 0 spiro atoms. The SMILES string of the molecule is CCOc1cccc(NC(=O)C(CC)N(c2cccc(OC)c2)S(C)(=O)=O)c1. The highest BCUT2D eigenvalue weighted by atomic mass is 32.2. The van der Waals surface area contributed by atoms with Crippen LogP contribution >= 0.6 is 0 Å². The molecule has 1 unspecified atom stereocenters. The lowest BCUT2D eigenvalue weighted by Crippen LogP contribution is -2.47. The van der Waals surface area contributed by atoms with Gasteiger partial charge in [0.2, 0.25) is 15.9 Å². The van der Waals surface area contributed by atoms with Crippen LogP contribution < -0.4 is 19.1 Å². The molecule has 2 aromatic rings. The number of hydrogen-bond acceptors (Lipinski definition) is 5. The maximum absolute atomic E-state index is 12.9. The van der Waals surface area contributed by atoms with Gasteiger partial charge in [-0.3, -0.25) is 9.10 Å². The number of sulfonamides is 1. The van der Waals surface area contributed by atoms with Crippen LogP contribution in [0, 0.1) is 0 Å². The van der Waals surface area contributed by atoms with Crippen molar-refractivity contribution < 1.29 is 22.7 Å². The van der Waals surface area contributed by atoms with E-state index in [4.69, 9.17) is 9.47 Å². The van der Waals surface area contributed by atoms with Gasteiger partial charge in [-0.2, -0.15) is 0 Å². The minimum Gasteiger partial charge on any atom is -0.497 e. The van der Waals surface area contributed by atoms with Gasteiger partial charge >= 0.3 is 0 Å². The number of carbonyl (C=O) groups excluding carboxylic acids is 1. The number of carbonyl (C=O) groups is 1. The second kappa shape index (κ2) is 9.45. The van der Waals surface area contributed by atoms with Gasteiger partial charge in [0.05, 0.1) is 25.7 Å². The highest BCUT2D eigenvalue weighted by Crippen LogP contribution is 2.27. The van der Waals surface area contributed by atoms with Crippen LogP contribution in [0.5, 0.6) is 11.5 Å². The Morgan fingerprint density at radius 1 is 1.11 bits per heavy atom. The molecule has 1 amide bonds. The summed E-state index contributed by atoms with van der Waals surface area (Å²) in [4.78, 5) is 12.9. The lowest BCUT2D eigenvalue weighted by Gasteiger charge is -2.30. The third kappa shape index (κ3) is 5.39. The molecule has 152 valence electrons. The first-order valence-corrected chi connectivity index (χ1v) is 10.8. The highest BCUT2D eigenvalue weighted by molar-refractivity contribution is 7.92. The van der Waals surface area contributed by atoms with Crippen LogP contribution in [0.2, 0.25) is 0 Å². The average Bonchev–Trinajstić information content (AvgIpc) is 2.65. The summed E-state index contributed by atoms with van der Waals surface area (Å²) < 4.78 is 36.8. The molecule has 0 aliphatic rings. The van der Waals surface area contributed by atoms with Crippen LogP contribution in [0.4, 0.5) is 11.4 Å². The smallest absolute Gasteiger partial charge is 0.248 e. The third-order valence-electron chi connectivity index (χ3n) is 4.05. The van der Waals surface area contributed by atoms with Crippen molar-refractivity contribution in [3.8, 4) is 11.5 Å². The molecule has 0 radical (unpaired) electrons. The maximum Gasteiger partial charge on any atom is 0.248 e. The predicted molar refractivity (Wildman–Crippen MR) is 111 cm³/mol. The molecule has 0 aliphatic heterocycles. The minimum atomic E-state index is -3.72. The number of hydrogen-bond donors (Lipinski definition) is 1. The summed E-state index contributed by atoms with van der Waals surface area (Å²) in [7, 11) is -2.22. The predicted octanol–water partition coefficient (Wildman–Crippen LogP) is 3.28.